The standard InChI is InChI=1S/C20H23N7OS/c1-26-16(6-15(24-26)17-3-2-4-29-17)18(28)23-19-7-13-5-14(8-19)10-20(9-13,11-19)27-22-12-21-25-27/h2-4,6,12-14H,5,7-11H2,1H3,(H,23,28). The van der Waals surface area contributed by atoms with Crippen LogP contribution in [-0.4, -0.2) is 41.4 Å². The van der Waals surface area contributed by atoms with Crippen molar-refractivity contribution >= 4 is 17.2 Å². The van der Waals surface area contributed by atoms with Crippen LogP contribution in [0.3, 0.4) is 0 Å². The Hall–Kier alpha value is -2.55. The van der Waals surface area contributed by atoms with Gasteiger partial charge in [-0.05, 0) is 73.1 Å². The molecule has 3 aromatic rings. The molecule has 4 fully saturated rings. The van der Waals surface area contributed by atoms with Crippen molar-refractivity contribution in [1.29, 1.82) is 0 Å². The lowest BCUT2D eigenvalue weighted by Gasteiger charge is -2.61. The van der Waals surface area contributed by atoms with Gasteiger partial charge in [0.25, 0.3) is 5.91 Å². The highest BCUT2D eigenvalue weighted by molar-refractivity contribution is 7.13. The van der Waals surface area contributed by atoms with Crippen LogP contribution in [0.25, 0.3) is 10.6 Å². The Kier molecular flexibility index (Phi) is 3.57. The summed E-state index contributed by atoms with van der Waals surface area (Å²) in [4.78, 5) is 16.2. The van der Waals surface area contributed by atoms with Crippen LogP contribution in [-0.2, 0) is 12.6 Å². The number of aromatic nitrogens is 6. The molecule has 3 aromatic heterocycles. The first-order valence-corrected chi connectivity index (χ1v) is 11.1. The number of aryl methyl sites for hydroxylation is 1. The van der Waals surface area contributed by atoms with Crippen LogP contribution >= 0.6 is 11.3 Å². The molecule has 0 spiro atoms. The summed E-state index contributed by atoms with van der Waals surface area (Å²) in [6, 6.07) is 5.93. The van der Waals surface area contributed by atoms with Crippen LogP contribution in [0.15, 0.2) is 29.9 Å². The number of hydrogen-bond donors (Lipinski definition) is 1. The zero-order valence-corrected chi connectivity index (χ0v) is 17.1. The molecule has 29 heavy (non-hydrogen) atoms. The van der Waals surface area contributed by atoms with Crippen LogP contribution < -0.4 is 5.32 Å². The molecule has 8 nitrogen and oxygen atoms in total. The highest BCUT2D eigenvalue weighted by Gasteiger charge is 2.60. The van der Waals surface area contributed by atoms with Crippen molar-refractivity contribution in [2.45, 2.75) is 49.6 Å². The second-order valence-corrected chi connectivity index (χ2v) is 10.1. The largest absolute Gasteiger partial charge is 0.345 e. The maximum absolute atomic E-state index is 13.3. The van der Waals surface area contributed by atoms with Crippen LogP contribution in [0, 0.1) is 11.8 Å². The summed E-state index contributed by atoms with van der Waals surface area (Å²) in [5, 5.41) is 22.6. The Morgan fingerprint density at radius 3 is 2.79 bits per heavy atom. The molecule has 9 heteroatoms. The predicted molar refractivity (Wildman–Crippen MR) is 107 cm³/mol. The van der Waals surface area contributed by atoms with E-state index in [2.05, 4.69) is 25.8 Å². The smallest absolute Gasteiger partial charge is 0.269 e. The minimum atomic E-state index is -0.192. The highest BCUT2D eigenvalue weighted by atomic mass is 32.1. The zero-order chi connectivity index (χ0) is 19.6. The molecule has 4 aliphatic rings. The van der Waals surface area contributed by atoms with Gasteiger partial charge >= 0.3 is 0 Å². The van der Waals surface area contributed by atoms with Crippen LogP contribution in [0.5, 0.6) is 0 Å². The number of hydrogen-bond acceptors (Lipinski definition) is 6. The highest BCUT2D eigenvalue weighted by Crippen LogP contribution is 2.60. The van der Waals surface area contributed by atoms with E-state index >= 15 is 0 Å². The molecule has 0 aromatic carbocycles. The molecule has 0 radical (unpaired) electrons. The van der Waals surface area contributed by atoms with Crippen molar-refractivity contribution in [2.75, 3.05) is 0 Å². The van der Waals surface area contributed by atoms with Gasteiger partial charge in [-0.3, -0.25) is 9.48 Å². The molecule has 1 N–H and O–H groups in total. The van der Waals surface area contributed by atoms with Crippen molar-refractivity contribution in [3.8, 4) is 10.6 Å². The monoisotopic (exact) mass is 409 g/mol. The van der Waals surface area contributed by atoms with Gasteiger partial charge in [0, 0.05) is 12.6 Å². The van der Waals surface area contributed by atoms with E-state index in [1.165, 1.54) is 12.7 Å². The van der Waals surface area contributed by atoms with Gasteiger partial charge in [-0.25, -0.2) is 0 Å². The molecule has 1 amide bonds. The van der Waals surface area contributed by atoms with Crippen molar-refractivity contribution in [1.82, 2.24) is 35.3 Å². The Morgan fingerprint density at radius 2 is 2.10 bits per heavy atom. The minimum Gasteiger partial charge on any atom is -0.345 e. The second-order valence-electron chi connectivity index (χ2n) is 9.16. The topological polar surface area (TPSA) is 90.5 Å². The fourth-order valence-corrected chi connectivity index (χ4v) is 7.19. The Bertz CT molecular complexity index is 1040. The lowest BCUT2D eigenvalue weighted by Crippen LogP contribution is -2.66. The van der Waals surface area contributed by atoms with Gasteiger partial charge in [-0.2, -0.15) is 9.90 Å². The van der Waals surface area contributed by atoms with E-state index in [1.54, 1.807) is 16.0 Å². The number of thiophene rings is 1. The summed E-state index contributed by atoms with van der Waals surface area (Å²) in [6.45, 7) is 0. The van der Waals surface area contributed by atoms with Crippen molar-refractivity contribution in [3.63, 3.8) is 0 Å². The lowest BCUT2D eigenvalue weighted by atomic mass is 9.50. The van der Waals surface area contributed by atoms with Gasteiger partial charge < -0.3 is 5.32 Å². The van der Waals surface area contributed by atoms with Gasteiger partial charge in [0.05, 0.1) is 10.4 Å². The van der Waals surface area contributed by atoms with Gasteiger partial charge in [-0.15, -0.1) is 21.5 Å². The average Bonchev–Trinajstić information content (AvgIpc) is 3.42. The predicted octanol–water partition coefficient (Wildman–Crippen LogP) is 2.61. The number of nitrogens with one attached hydrogen (secondary N) is 1. The van der Waals surface area contributed by atoms with E-state index in [9.17, 15) is 4.79 Å². The fourth-order valence-electron chi connectivity index (χ4n) is 6.51. The molecule has 3 heterocycles. The number of amides is 1. The lowest BCUT2D eigenvalue weighted by molar-refractivity contribution is -0.0811. The molecule has 2 unspecified atom stereocenters. The molecule has 2 atom stereocenters. The van der Waals surface area contributed by atoms with Crippen molar-refractivity contribution in [3.05, 3.63) is 35.6 Å². The van der Waals surface area contributed by atoms with Crippen molar-refractivity contribution < 1.29 is 4.79 Å². The van der Waals surface area contributed by atoms with E-state index in [4.69, 9.17) is 0 Å². The molecular weight excluding hydrogens is 386 g/mol. The average molecular weight is 410 g/mol. The van der Waals surface area contributed by atoms with Crippen molar-refractivity contribution in [2.24, 2.45) is 18.9 Å². The molecule has 4 aliphatic carbocycles. The van der Waals surface area contributed by atoms with E-state index in [0.29, 0.717) is 17.5 Å². The summed E-state index contributed by atoms with van der Waals surface area (Å²) >= 11 is 1.63. The third-order valence-corrected chi connectivity index (χ3v) is 7.96. The third-order valence-electron chi connectivity index (χ3n) is 7.07. The van der Waals surface area contributed by atoms with Crippen LogP contribution in [0.1, 0.15) is 49.0 Å². The number of tetrazole rings is 1. The Morgan fingerprint density at radius 1 is 1.28 bits per heavy atom. The number of nitrogens with zero attached hydrogens (tertiary/aromatic N) is 6. The Balaban J connectivity index is 1.30. The van der Waals surface area contributed by atoms with E-state index in [-0.39, 0.29) is 17.0 Å². The van der Waals surface area contributed by atoms with Crippen LogP contribution in [0.4, 0.5) is 0 Å². The second kappa shape index (κ2) is 5.98. The summed E-state index contributed by atoms with van der Waals surface area (Å²) in [6.07, 6.45) is 7.92. The van der Waals surface area contributed by atoms with Gasteiger partial charge in [0.2, 0.25) is 0 Å². The maximum Gasteiger partial charge on any atom is 0.269 e. The fraction of sp³-hybridized carbons (Fsp3) is 0.550. The number of carbonyl (C=O) groups is 1. The normalized spacial score (nSPS) is 32.6. The molecule has 150 valence electrons. The summed E-state index contributed by atoms with van der Waals surface area (Å²) in [5.41, 5.74) is 1.16. The van der Waals surface area contributed by atoms with Crippen LogP contribution in [0.2, 0.25) is 0 Å². The Labute approximate surface area is 172 Å². The molecule has 7 rings (SSSR count). The molecule has 0 saturated heterocycles. The maximum atomic E-state index is 13.3. The third kappa shape index (κ3) is 2.67. The quantitative estimate of drug-likeness (QED) is 0.715. The van der Waals surface area contributed by atoms with Gasteiger partial charge in [0.1, 0.15) is 11.4 Å². The summed E-state index contributed by atoms with van der Waals surface area (Å²) in [7, 11) is 1.84. The van der Waals surface area contributed by atoms with E-state index < -0.39 is 0 Å². The first-order valence-electron chi connectivity index (χ1n) is 10.2. The van der Waals surface area contributed by atoms with E-state index in [0.717, 1.165) is 42.7 Å². The first-order chi connectivity index (χ1) is 14.0. The first kappa shape index (κ1) is 17.3. The molecule has 4 saturated carbocycles. The SMILES string of the molecule is Cn1nc(-c2cccs2)cc1C(=O)NC12CC3CC(C1)CC(n1ncnn1)(C3)C2. The molecule has 4 bridgehead atoms. The number of carbonyl (C=O) groups excluding carboxylic acids is 1. The van der Waals surface area contributed by atoms with E-state index in [1.807, 2.05) is 35.4 Å². The molecular formula is C20H23N7OS. The molecule has 0 aliphatic heterocycles. The number of rotatable bonds is 4. The van der Waals surface area contributed by atoms with Gasteiger partial charge in [0.15, 0.2) is 6.33 Å². The minimum absolute atomic E-state index is 0.0357. The summed E-state index contributed by atoms with van der Waals surface area (Å²) in [5.74, 6) is 1.18. The zero-order valence-electron chi connectivity index (χ0n) is 16.3. The van der Waals surface area contributed by atoms with Gasteiger partial charge in [-0.1, -0.05) is 6.07 Å². The summed E-state index contributed by atoms with van der Waals surface area (Å²) < 4.78 is 1.69.